The standard InChI is InChI=1S/C22H23Cl2N3O2/c23-19-7-6-16(12-20(19)24)13-22(29)27(11-9-25)15-21(17-4-2-1-3-5-17)26-10-8-18(28)14-26/h1-7,12,18,21,28H,8,10-11,13-15H2/t18-,21-/m0/s1. The molecule has 1 amide bonds. The van der Waals surface area contributed by atoms with E-state index < -0.39 is 0 Å². The van der Waals surface area contributed by atoms with Crippen molar-refractivity contribution in [3.63, 3.8) is 0 Å². The fourth-order valence-corrected chi connectivity index (χ4v) is 3.96. The highest BCUT2D eigenvalue weighted by atomic mass is 35.5. The van der Waals surface area contributed by atoms with Crippen LogP contribution in [0.2, 0.25) is 10.0 Å². The highest BCUT2D eigenvalue weighted by Crippen LogP contribution is 2.27. The minimum atomic E-state index is -0.363. The van der Waals surface area contributed by atoms with Gasteiger partial charge in [-0.1, -0.05) is 59.6 Å². The second-order valence-electron chi connectivity index (χ2n) is 7.22. The maximum atomic E-state index is 13.0. The number of nitrogens with zero attached hydrogens (tertiary/aromatic N) is 3. The van der Waals surface area contributed by atoms with Crippen LogP contribution in [-0.2, 0) is 11.2 Å². The summed E-state index contributed by atoms with van der Waals surface area (Å²) in [5, 5.41) is 20.1. The fraction of sp³-hybridized carbons (Fsp3) is 0.364. The molecule has 1 N–H and O–H groups in total. The molecular weight excluding hydrogens is 409 g/mol. The number of hydrogen-bond acceptors (Lipinski definition) is 4. The molecule has 2 aromatic carbocycles. The largest absolute Gasteiger partial charge is 0.392 e. The highest BCUT2D eigenvalue weighted by Gasteiger charge is 2.30. The Bertz CT molecular complexity index is 885. The molecule has 2 aromatic rings. The van der Waals surface area contributed by atoms with E-state index >= 15 is 0 Å². The Hall–Kier alpha value is -2.10. The molecule has 2 atom stereocenters. The quantitative estimate of drug-likeness (QED) is 0.678. The number of likely N-dealkylation sites (tertiary alicyclic amines) is 1. The maximum Gasteiger partial charge on any atom is 0.227 e. The van der Waals surface area contributed by atoms with Crippen molar-refractivity contribution in [3.05, 3.63) is 69.7 Å². The zero-order valence-corrected chi connectivity index (χ0v) is 17.5. The number of β-amino-alcohol motifs (C(OH)–C–C–N with tert-alkyl or cyclic N) is 1. The van der Waals surface area contributed by atoms with Crippen LogP contribution in [0, 0.1) is 11.3 Å². The third kappa shape index (κ3) is 5.71. The van der Waals surface area contributed by atoms with Gasteiger partial charge >= 0.3 is 0 Å². The zero-order valence-electron chi connectivity index (χ0n) is 16.0. The molecule has 152 valence electrons. The molecule has 0 saturated carbocycles. The smallest absolute Gasteiger partial charge is 0.227 e. The molecule has 7 heteroatoms. The number of nitriles is 1. The lowest BCUT2D eigenvalue weighted by Gasteiger charge is -2.32. The first kappa shape index (κ1) is 21.6. The number of aliphatic hydroxyl groups is 1. The normalized spacial score (nSPS) is 17.7. The number of amides is 1. The Morgan fingerprint density at radius 1 is 1.24 bits per heavy atom. The first-order chi connectivity index (χ1) is 14.0. The SMILES string of the molecule is N#CCN(C[C@@H](c1ccccc1)N1CC[C@H](O)C1)C(=O)Cc1ccc(Cl)c(Cl)c1. The molecule has 0 aromatic heterocycles. The maximum absolute atomic E-state index is 13.0. The van der Waals surface area contributed by atoms with E-state index in [1.807, 2.05) is 30.3 Å². The summed E-state index contributed by atoms with van der Waals surface area (Å²) in [6.45, 7) is 1.69. The summed E-state index contributed by atoms with van der Waals surface area (Å²) in [5.41, 5.74) is 1.81. The van der Waals surface area contributed by atoms with E-state index in [9.17, 15) is 15.2 Å². The van der Waals surface area contributed by atoms with Gasteiger partial charge in [0.05, 0.1) is 34.7 Å². The molecule has 1 heterocycles. The van der Waals surface area contributed by atoms with Gasteiger partial charge in [0.15, 0.2) is 0 Å². The molecule has 3 rings (SSSR count). The van der Waals surface area contributed by atoms with Crippen molar-refractivity contribution in [1.82, 2.24) is 9.80 Å². The van der Waals surface area contributed by atoms with Gasteiger partial charge in [0, 0.05) is 19.6 Å². The van der Waals surface area contributed by atoms with Crippen molar-refractivity contribution in [3.8, 4) is 6.07 Å². The molecule has 1 aliphatic heterocycles. The van der Waals surface area contributed by atoms with E-state index in [1.165, 1.54) is 0 Å². The van der Waals surface area contributed by atoms with Crippen LogP contribution in [-0.4, -0.2) is 53.1 Å². The average Bonchev–Trinajstić information content (AvgIpc) is 3.14. The van der Waals surface area contributed by atoms with Crippen LogP contribution >= 0.6 is 23.2 Å². The number of carbonyl (C=O) groups is 1. The summed E-state index contributed by atoms with van der Waals surface area (Å²) in [5.74, 6) is -0.148. The second kappa shape index (κ2) is 10.1. The molecule has 0 spiro atoms. The van der Waals surface area contributed by atoms with Crippen LogP contribution in [0.3, 0.4) is 0 Å². The van der Waals surface area contributed by atoms with Crippen LogP contribution in [0.25, 0.3) is 0 Å². The van der Waals surface area contributed by atoms with Crippen molar-refractivity contribution in [2.24, 2.45) is 0 Å². The van der Waals surface area contributed by atoms with Gasteiger partial charge in [-0.2, -0.15) is 5.26 Å². The first-order valence-corrected chi connectivity index (χ1v) is 10.3. The van der Waals surface area contributed by atoms with E-state index in [-0.39, 0.29) is 31.0 Å². The highest BCUT2D eigenvalue weighted by molar-refractivity contribution is 6.42. The Morgan fingerprint density at radius 3 is 2.62 bits per heavy atom. The molecule has 1 fully saturated rings. The van der Waals surface area contributed by atoms with Gasteiger partial charge in [-0.15, -0.1) is 0 Å². The van der Waals surface area contributed by atoms with Crippen LogP contribution in [0.4, 0.5) is 0 Å². The van der Waals surface area contributed by atoms with E-state index in [2.05, 4.69) is 11.0 Å². The van der Waals surface area contributed by atoms with Gasteiger partial charge in [-0.3, -0.25) is 9.69 Å². The summed E-state index contributed by atoms with van der Waals surface area (Å²) >= 11 is 12.0. The van der Waals surface area contributed by atoms with Crippen LogP contribution in [0.5, 0.6) is 0 Å². The average molecular weight is 432 g/mol. The monoisotopic (exact) mass is 431 g/mol. The molecule has 5 nitrogen and oxygen atoms in total. The number of rotatable bonds is 7. The van der Waals surface area contributed by atoms with Gasteiger partial charge in [0.25, 0.3) is 0 Å². The van der Waals surface area contributed by atoms with E-state index in [1.54, 1.807) is 23.1 Å². The predicted octanol–water partition coefficient (Wildman–Crippen LogP) is 3.70. The summed E-state index contributed by atoms with van der Waals surface area (Å²) in [4.78, 5) is 16.7. The Kier molecular flexibility index (Phi) is 7.51. The fourth-order valence-electron chi connectivity index (χ4n) is 3.64. The van der Waals surface area contributed by atoms with Crippen LogP contribution in [0.1, 0.15) is 23.6 Å². The van der Waals surface area contributed by atoms with Crippen molar-refractivity contribution < 1.29 is 9.90 Å². The molecule has 0 unspecified atom stereocenters. The minimum Gasteiger partial charge on any atom is -0.392 e. The lowest BCUT2D eigenvalue weighted by atomic mass is 10.0. The summed E-state index contributed by atoms with van der Waals surface area (Å²) in [6, 6.07) is 17.0. The number of benzene rings is 2. The van der Waals surface area contributed by atoms with Crippen LogP contribution < -0.4 is 0 Å². The summed E-state index contributed by atoms with van der Waals surface area (Å²) < 4.78 is 0. The van der Waals surface area contributed by atoms with Crippen LogP contribution in [0.15, 0.2) is 48.5 Å². The third-order valence-electron chi connectivity index (χ3n) is 5.17. The van der Waals surface area contributed by atoms with Gasteiger partial charge in [0.2, 0.25) is 5.91 Å². The third-order valence-corrected chi connectivity index (χ3v) is 5.91. The van der Waals surface area contributed by atoms with Gasteiger partial charge in [-0.05, 0) is 29.7 Å². The van der Waals surface area contributed by atoms with Gasteiger partial charge < -0.3 is 10.0 Å². The number of hydrogen-bond donors (Lipinski definition) is 1. The summed E-state index contributed by atoms with van der Waals surface area (Å²) in [6.07, 6.45) is 0.485. The van der Waals surface area contributed by atoms with E-state index in [0.29, 0.717) is 29.6 Å². The van der Waals surface area contributed by atoms with Gasteiger partial charge in [-0.25, -0.2) is 0 Å². The van der Waals surface area contributed by atoms with Crippen molar-refractivity contribution in [2.45, 2.75) is 25.0 Å². The zero-order chi connectivity index (χ0) is 20.8. The number of halogens is 2. The van der Waals surface area contributed by atoms with Crippen molar-refractivity contribution in [2.75, 3.05) is 26.2 Å². The minimum absolute atomic E-state index is 0.000117. The van der Waals surface area contributed by atoms with Crippen molar-refractivity contribution in [1.29, 1.82) is 5.26 Å². The second-order valence-corrected chi connectivity index (χ2v) is 8.04. The van der Waals surface area contributed by atoms with Gasteiger partial charge in [0.1, 0.15) is 6.54 Å². The predicted molar refractivity (Wildman–Crippen MR) is 114 cm³/mol. The molecular formula is C22H23Cl2N3O2. The van der Waals surface area contributed by atoms with Crippen molar-refractivity contribution >= 4 is 29.1 Å². The lowest BCUT2D eigenvalue weighted by molar-refractivity contribution is -0.130. The lowest BCUT2D eigenvalue weighted by Crippen LogP contribution is -2.41. The molecule has 0 bridgehead atoms. The summed E-state index contributed by atoms with van der Waals surface area (Å²) in [7, 11) is 0. The van der Waals surface area contributed by atoms with E-state index in [0.717, 1.165) is 17.7 Å². The number of aliphatic hydroxyl groups excluding tert-OH is 1. The molecule has 1 aliphatic rings. The first-order valence-electron chi connectivity index (χ1n) is 9.53. The Labute approximate surface area is 181 Å². The molecule has 0 aliphatic carbocycles. The Morgan fingerprint density at radius 2 is 2.00 bits per heavy atom. The topological polar surface area (TPSA) is 67.6 Å². The molecule has 0 radical (unpaired) electrons. The number of carbonyl (C=O) groups excluding carboxylic acids is 1. The Balaban J connectivity index is 1.79. The van der Waals surface area contributed by atoms with E-state index in [4.69, 9.17) is 23.2 Å². The molecule has 29 heavy (non-hydrogen) atoms. The molecule has 1 saturated heterocycles.